The number of fused-ring (bicyclic) bond motifs is 1. The molecule has 3 aromatic rings. The SMILES string of the molecule is O=C(c1ccncc1)N1CCN(c2nccc3ccccc23)CC1. The highest BCUT2D eigenvalue weighted by Gasteiger charge is 2.23. The zero-order valence-corrected chi connectivity index (χ0v) is 13.3. The molecule has 1 aliphatic rings. The van der Waals surface area contributed by atoms with Crippen molar-refractivity contribution in [3.8, 4) is 0 Å². The van der Waals surface area contributed by atoms with Crippen molar-refractivity contribution in [3.05, 3.63) is 66.6 Å². The van der Waals surface area contributed by atoms with Crippen molar-refractivity contribution in [1.82, 2.24) is 14.9 Å². The molecule has 0 saturated carbocycles. The van der Waals surface area contributed by atoms with E-state index in [4.69, 9.17) is 0 Å². The maximum atomic E-state index is 12.5. The third kappa shape index (κ3) is 2.69. The van der Waals surface area contributed by atoms with Crippen LogP contribution in [0.15, 0.2) is 61.1 Å². The van der Waals surface area contributed by atoms with E-state index in [0.717, 1.165) is 24.3 Å². The summed E-state index contributed by atoms with van der Waals surface area (Å²) in [6.45, 7) is 2.98. The summed E-state index contributed by atoms with van der Waals surface area (Å²) in [6.07, 6.45) is 5.17. The Balaban J connectivity index is 1.51. The number of piperazine rings is 1. The van der Waals surface area contributed by atoms with Gasteiger partial charge in [0.15, 0.2) is 0 Å². The van der Waals surface area contributed by atoms with Gasteiger partial charge >= 0.3 is 0 Å². The number of hydrogen-bond donors (Lipinski definition) is 0. The summed E-state index contributed by atoms with van der Waals surface area (Å²) in [5.41, 5.74) is 0.696. The van der Waals surface area contributed by atoms with Gasteiger partial charge in [-0.25, -0.2) is 4.98 Å². The van der Waals surface area contributed by atoms with E-state index < -0.39 is 0 Å². The van der Waals surface area contributed by atoms with Crippen LogP contribution in [0.3, 0.4) is 0 Å². The van der Waals surface area contributed by atoms with Gasteiger partial charge in [0.05, 0.1) is 0 Å². The molecule has 1 saturated heterocycles. The quantitative estimate of drug-likeness (QED) is 0.729. The molecule has 1 fully saturated rings. The molecule has 0 unspecified atom stereocenters. The third-order valence-electron chi connectivity index (χ3n) is 4.45. The van der Waals surface area contributed by atoms with Gasteiger partial charge in [0, 0.05) is 55.7 Å². The van der Waals surface area contributed by atoms with Crippen LogP contribution in [0.1, 0.15) is 10.4 Å². The number of carbonyl (C=O) groups excluding carboxylic acids is 1. The van der Waals surface area contributed by atoms with Crippen molar-refractivity contribution >= 4 is 22.5 Å². The third-order valence-corrected chi connectivity index (χ3v) is 4.45. The molecule has 0 aliphatic carbocycles. The number of hydrogen-bond acceptors (Lipinski definition) is 4. The van der Waals surface area contributed by atoms with Crippen molar-refractivity contribution < 1.29 is 4.79 Å². The van der Waals surface area contributed by atoms with Gasteiger partial charge in [0.1, 0.15) is 5.82 Å². The summed E-state index contributed by atoms with van der Waals surface area (Å²) in [5, 5.41) is 2.35. The monoisotopic (exact) mass is 318 g/mol. The largest absolute Gasteiger partial charge is 0.353 e. The number of pyridine rings is 2. The van der Waals surface area contributed by atoms with Gasteiger partial charge in [-0.05, 0) is 23.6 Å². The zero-order chi connectivity index (χ0) is 16.4. The molecule has 1 amide bonds. The standard InChI is InChI=1S/C19H18N4O/c24-19(16-5-8-20-9-6-16)23-13-11-22(12-14-23)18-17-4-2-1-3-15(17)7-10-21-18/h1-10H,11-14H2. The predicted molar refractivity (Wildman–Crippen MR) is 94.1 cm³/mol. The summed E-state index contributed by atoms with van der Waals surface area (Å²) < 4.78 is 0. The first-order chi connectivity index (χ1) is 11.8. The second-order valence-corrected chi connectivity index (χ2v) is 5.87. The first-order valence-corrected chi connectivity index (χ1v) is 8.11. The number of amides is 1. The van der Waals surface area contributed by atoms with Crippen LogP contribution in [0.4, 0.5) is 5.82 Å². The van der Waals surface area contributed by atoms with Gasteiger partial charge in [0.2, 0.25) is 0 Å². The lowest BCUT2D eigenvalue weighted by Gasteiger charge is -2.35. The van der Waals surface area contributed by atoms with E-state index in [-0.39, 0.29) is 5.91 Å². The van der Waals surface area contributed by atoms with E-state index in [1.54, 1.807) is 24.5 Å². The Labute approximate surface area is 140 Å². The highest BCUT2D eigenvalue weighted by Crippen LogP contribution is 2.25. The van der Waals surface area contributed by atoms with Gasteiger partial charge in [0.25, 0.3) is 5.91 Å². The minimum Gasteiger partial charge on any atom is -0.353 e. The predicted octanol–water partition coefficient (Wildman–Crippen LogP) is 2.59. The highest BCUT2D eigenvalue weighted by atomic mass is 16.2. The number of benzene rings is 1. The second-order valence-electron chi connectivity index (χ2n) is 5.87. The van der Waals surface area contributed by atoms with Crippen LogP contribution in [0, 0.1) is 0 Å². The maximum Gasteiger partial charge on any atom is 0.254 e. The molecule has 5 heteroatoms. The highest BCUT2D eigenvalue weighted by molar-refractivity contribution is 5.94. The van der Waals surface area contributed by atoms with Crippen LogP contribution >= 0.6 is 0 Å². The fraction of sp³-hybridized carbons (Fsp3) is 0.211. The lowest BCUT2D eigenvalue weighted by Crippen LogP contribution is -2.49. The van der Waals surface area contributed by atoms with E-state index in [1.807, 2.05) is 29.3 Å². The van der Waals surface area contributed by atoms with Crippen LogP contribution < -0.4 is 4.90 Å². The van der Waals surface area contributed by atoms with E-state index >= 15 is 0 Å². The Morgan fingerprint density at radius 2 is 1.62 bits per heavy atom. The molecule has 0 atom stereocenters. The first kappa shape index (κ1) is 14.6. The normalized spacial score (nSPS) is 14.8. The number of rotatable bonds is 2. The Hall–Kier alpha value is -2.95. The van der Waals surface area contributed by atoms with Crippen molar-refractivity contribution in [3.63, 3.8) is 0 Å². The van der Waals surface area contributed by atoms with E-state index in [2.05, 4.69) is 27.0 Å². The molecule has 2 aromatic heterocycles. The average molecular weight is 318 g/mol. The lowest BCUT2D eigenvalue weighted by atomic mass is 10.1. The van der Waals surface area contributed by atoms with Gasteiger partial charge < -0.3 is 9.80 Å². The van der Waals surface area contributed by atoms with Crippen molar-refractivity contribution in [1.29, 1.82) is 0 Å². The Morgan fingerprint density at radius 3 is 2.42 bits per heavy atom. The molecule has 24 heavy (non-hydrogen) atoms. The molecule has 5 nitrogen and oxygen atoms in total. The molecule has 0 bridgehead atoms. The fourth-order valence-electron chi connectivity index (χ4n) is 3.15. The topological polar surface area (TPSA) is 49.3 Å². The Bertz CT molecular complexity index is 852. The minimum absolute atomic E-state index is 0.0722. The smallest absolute Gasteiger partial charge is 0.254 e. The second kappa shape index (κ2) is 6.28. The molecule has 0 radical (unpaired) electrons. The van der Waals surface area contributed by atoms with Crippen molar-refractivity contribution in [2.45, 2.75) is 0 Å². The summed E-state index contributed by atoms with van der Waals surface area (Å²) in [7, 11) is 0. The molecule has 0 spiro atoms. The van der Waals surface area contributed by atoms with Gasteiger partial charge in [-0.2, -0.15) is 0 Å². The molecule has 120 valence electrons. The maximum absolute atomic E-state index is 12.5. The summed E-state index contributed by atoms with van der Waals surface area (Å²) in [4.78, 5) is 25.2. The molecule has 4 rings (SSSR count). The Morgan fingerprint density at radius 1 is 0.875 bits per heavy atom. The van der Waals surface area contributed by atoms with Gasteiger partial charge in [-0.1, -0.05) is 24.3 Å². The van der Waals surface area contributed by atoms with E-state index in [0.29, 0.717) is 18.7 Å². The van der Waals surface area contributed by atoms with Gasteiger partial charge in [-0.15, -0.1) is 0 Å². The molecular weight excluding hydrogens is 300 g/mol. The van der Waals surface area contributed by atoms with Crippen molar-refractivity contribution in [2.75, 3.05) is 31.1 Å². The van der Waals surface area contributed by atoms with Crippen LogP contribution in [0.25, 0.3) is 10.8 Å². The van der Waals surface area contributed by atoms with Crippen LogP contribution in [0.5, 0.6) is 0 Å². The molecule has 0 N–H and O–H groups in total. The van der Waals surface area contributed by atoms with Crippen LogP contribution in [-0.4, -0.2) is 47.0 Å². The fourth-order valence-corrected chi connectivity index (χ4v) is 3.15. The number of aromatic nitrogens is 2. The molecule has 1 aromatic carbocycles. The Kier molecular flexibility index (Phi) is 3.83. The van der Waals surface area contributed by atoms with Crippen LogP contribution in [0.2, 0.25) is 0 Å². The summed E-state index contributed by atoms with van der Waals surface area (Å²) >= 11 is 0. The average Bonchev–Trinajstić information content (AvgIpc) is 2.68. The molecular formula is C19H18N4O. The lowest BCUT2D eigenvalue weighted by molar-refractivity contribution is 0.0746. The van der Waals surface area contributed by atoms with Crippen molar-refractivity contribution in [2.24, 2.45) is 0 Å². The first-order valence-electron chi connectivity index (χ1n) is 8.11. The van der Waals surface area contributed by atoms with Crippen LogP contribution in [-0.2, 0) is 0 Å². The zero-order valence-electron chi connectivity index (χ0n) is 13.3. The summed E-state index contributed by atoms with van der Waals surface area (Å²) in [5.74, 6) is 1.08. The minimum atomic E-state index is 0.0722. The molecule has 1 aliphatic heterocycles. The number of nitrogens with zero attached hydrogens (tertiary/aromatic N) is 4. The van der Waals surface area contributed by atoms with E-state index in [9.17, 15) is 4.79 Å². The van der Waals surface area contributed by atoms with Gasteiger partial charge in [-0.3, -0.25) is 9.78 Å². The van der Waals surface area contributed by atoms with E-state index in [1.165, 1.54) is 5.39 Å². The summed E-state index contributed by atoms with van der Waals surface area (Å²) in [6, 6.07) is 13.8. The molecule has 3 heterocycles. The number of carbonyl (C=O) groups is 1. The number of anilines is 1.